The number of piperidine rings is 1. The summed E-state index contributed by atoms with van der Waals surface area (Å²) in [6.07, 6.45) is 6.61. The van der Waals surface area contributed by atoms with Crippen LogP contribution in [-0.4, -0.2) is 60.4 Å². The predicted octanol–water partition coefficient (Wildman–Crippen LogP) is 2.21. The van der Waals surface area contributed by atoms with E-state index in [1.165, 1.54) is 51.7 Å². The molecule has 1 rings (SSSR count). The lowest BCUT2D eigenvalue weighted by atomic mass is 10.1. The summed E-state index contributed by atoms with van der Waals surface area (Å²) in [5, 5.41) is 3.55. The number of nitrogens with one attached hydrogen (secondary N) is 1. The Bertz CT molecular complexity index is 219. The molecule has 0 aromatic rings. The molecule has 114 valence electrons. The Morgan fingerprint density at radius 2 is 1.68 bits per heavy atom. The third-order valence-corrected chi connectivity index (χ3v) is 7.14. The second kappa shape index (κ2) is 9.88. The number of unbranched alkanes of at least 4 members (excludes halogenated alkanes) is 1. The topological polar surface area (TPSA) is 33.7 Å². The van der Waals surface area contributed by atoms with Crippen LogP contribution in [0.4, 0.5) is 0 Å². The van der Waals surface area contributed by atoms with E-state index in [1.54, 1.807) is 14.2 Å². The van der Waals surface area contributed by atoms with Crippen molar-refractivity contribution in [2.45, 2.75) is 44.7 Å². The van der Waals surface area contributed by atoms with Gasteiger partial charge in [0.1, 0.15) is 0 Å². The Hall–Kier alpha value is 0.0569. The van der Waals surface area contributed by atoms with Gasteiger partial charge in [0, 0.05) is 27.3 Å². The molecular formula is C14H32N2O2Si. The lowest BCUT2D eigenvalue weighted by molar-refractivity contribution is 0.229. The Morgan fingerprint density at radius 3 is 2.32 bits per heavy atom. The molecule has 1 fully saturated rings. The predicted molar refractivity (Wildman–Crippen MR) is 82.8 cm³/mol. The van der Waals surface area contributed by atoms with Gasteiger partial charge in [-0.1, -0.05) is 12.8 Å². The highest BCUT2D eigenvalue weighted by Crippen LogP contribution is 2.14. The fourth-order valence-corrected chi connectivity index (χ4v) is 4.00. The molecule has 1 N–H and O–H groups in total. The first-order chi connectivity index (χ1) is 9.20. The maximum atomic E-state index is 5.48. The van der Waals surface area contributed by atoms with Crippen molar-refractivity contribution < 1.29 is 8.85 Å². The van der Waals surface area contributed by atoms with Crippen molar-refractivity contribution in [2.24, 2.45) is 0 Å². The van der Waals surface area contributed by atoms with Gasteiger partial charge in [-0.3, -0.25) is 0 Å². The molecule has 0 aromatic carbocycles. The number of likely N-dealkylation sites (tertiary alicyclic amines) is 1. The number of hydrogen-bond donors (Lipinski definition) is 1. The summed E-state index contributed by atoms with van der Waals surface area (Å²) in [7, 11) is 1.71. The minimum atomic E-state index is -1.83. The minimum Gasteiger partial charge on any atom is -0.398 e. The fourth-order valence-electron chi connectivity index (χ4n) is 2.53. The van der Waals surface area contributed by atoms with Crippen molar-refractivity contribution in [3.63, 3.8) is 0 Å². The van der Waals surface area contributed by atoms with Gasteiger partial charge in [0.15, 0.2) is 0 Å². The van der Waals surface area contributed by atoms with Gasteiger partial charge in [0.2, 0.25) is 0 Å². The SMILES string of the molecule is CO[Si](C)(CCCCNCCN1CCCCC1)OC. The maximum Gasteiger partial charge on any atom is 0.334 e. The van der Waals surface area contributed by atoms with Crippen molar-refractivity contribution in [3.8, 4) is 0 Å². The fraction of sp³-hybridized carbons (Fsp3) is 1.00. The third kappa shape index (κ3) is 7.42. The first-order valence-electron chi connectivity index (χ1n) is 7.73. The summed E-state index contributed by atoms with van der Waals surface area (Å²) >= 11 is 0. The third-order valence-electron chi connectivity index (χ3n) is 4.15. The highest BCUT2D eigenvalue weighted by molar-refractivity contribution is 6.65. The molecule has 1 aliphatic rings. The molecule has 0 radical (unpaired) electrons. The molecule has 4 nitrogen and oxygen atoms in total. The average molecular weight is 289 g/mol. The van der Waals surface area contributed by atoms with Gasteiger partial charge in [-0.2, -0.15) is 0 Å². The van der Waals surface area contributed by atoms with Crippen molar-refractivity contribution >= 4 is 8.56 Å². The second-order valence-corrected chi connectivity index (χ2v) is 9.24. The standard InChI is InChI=1S/C14H32N2O2Si/c1-17-19(3,18-2)14-8-5-9-15-10-13-16-11-6-4-7-12-16/h15H,4-14H2,1-3H3. The van der Waals surface area contributed by atoms with Gasteiger partial charge in [0.05, 0.1) is 0 Å². The van der Waals surface area contributed by atoms with Gasteiger partial charge in [-0.25, -0.2) is 0 Å². The van der Waals surface area contributed by atoms with Crippen LogP contribution in [0.15, 0.2) is 0 Å². The first kappa shape index (κ1) is 17.1. The van der Waals surface area contributed by atoms with E-state index in [9.17, 15) is 0 Å². The van der Waals surface area contributed by atoms with Gasteiger partial charge in [-0.05, 0) is 51.5 Å². The van der Waals surface area contributed by atoms with Crippen molar-refractivity contribution in [3.05, 3.63) is 0 Å². The molecule has 1 aliphatic heterocycles. The minimum absolute atomic E-state index is 1.09. The Balaban J connectivity index is 1.90. The molecule has 0 aliphatic carbocycles. The van der Waals surface area contributed by atoms with Crippen molar-refractivity contribution in [1.82, 2.24) is 10.2 Å². The van der Waals surface area contributed by atoms with E-state index in [0.717, 1.165) is 19.1 Å². The summed E-state index contributed by atoms with van der Waals surface area (Å²) in [5.41, 5.74) is 0. The molecule has 0 spiro atoms. The lowest BCUT2D eigenvalue weighted by Gasteiger charge is -2.26. The normalized spacial score (nSPS) is 17.8. The molecule has 0 unspecified atom stereocenters. The van der Waals surface area contributed by atoms with Crippen LogP contribution in [0, 0.1) is 0 Å². The molecule has 1 saturated heterocycles. The van der Waals surface area contributed by atoms with Crippen LogP contribution in [-0.2, 0) is 8.85 Å². The molecule has 5 heteroatoms. The number of nitrogens with zero attached hydrogens (tertiary/aromatic N) is 1. The van der Waals surface area contributed by atoms with Crippen LogP contribution < -0.4 is 5.32 Å². The lowest BCUT2D eigenvalue weighted by Crippen LogP contribution is -2.37. The number of hydrogen-bond acceptors (Lipinski definition) is 4. The van der Waals surface area contributed by atoms with Gasteiger partial charge >= 0.3 is 8.56 Å². The maximum absolute atomic E-state index is 5.48. The van der Waals surface area contributed by atoms with Gasteiger partial charge in [-0.15, -0.1) is 0 Å². The Kier molecular flexibility index (Phi) is 8.90. The molecule has 0 atom stereocenters. The molecule has 0 aromatic heterocycles. The molecule has 0 bridgehead atoms. The van der Waals surface area contributed by atoms with E-state index in [2.05, 4.69) is 16.8 Å². The molecule has 19 heavy (non-hydrogen) atoms. The van der Waals surface area contributed by atoms with Gasteiger partial charge < -0.3 is 19.1 Å². The number of rotatable bonds is 10. The summed E-state index contributed by atoms with van der Waals surface area (Å²) < 4.78 is 11.0. The second-order valence-electron chi connectivity index (χ2n) is 5.65. The zero-order valence-electron chi connectivity index (χ0n) is 13.0. The van der Waals surface area contributed by atoms with E-state index in [1.807, 2.05) is 0 Å². The molecule has 0 saturated carbocycles. The van der Waals surface area contributed by atoms with Crippen molar-refractivity contribution in [1.29, 1.82) is 0 Å². The highest BCUT2D eigenvalue weighted by Gasteiger charge is 2.27. The quantitative estimate of drug-likeness (QED) is 0.494. The summed E-state index contributed by atoms with van der Waals surface area (Å²) in [4.78, 5) is 2.58. The average Bonchev–Trinajstić information content (AvgIpc) is 2.47. The first-order valence-corrected chi connectivity index (χ1v) is 10.3. The van der Waals surface area contributed by atoms with E-state index in [-0.39, 0.29) is 0 Å². The summed E-state index contributed by atoms with van der Waals surface area (Å²) in [5.74, 6) is 0. The zero-order valence-corrected chi connectivity index (χ0v) is 14.0. The van der Waals surface area contributed by atoms with E-state index < -0.39 is 8.56 Å². The molecule has 0 amide bonds. The van der Waals surface area contributed by atoms with Crippen LogP contribution in [0.5, 0.6) is 0 Å². The highest BCUT2D eigenvalue weighted by atomic mass is 28.4. The van der Waals surface area contributed by atoms with Gasteiger partial charge in [0.25, 0.3) is 0 Å². The Morgan fingerprint density at radius 1 is 1.00 bits per heavy atom. The van der Waals surface area contributed by atoms with E-state index in [0.29, 0.717) is 0 Å². The zero-order chi connectivity index (χ0) is 14.0. The largest absolute Gasteiger partial charge is 0.398 e. The van der Waals surface area contributed by atoms with Crippen LogP contribution in [0.3, 0.4) is 0 Å². The van der Waals surface area contributed by atoms with Crippen LogP contribution in [0.2, 0.25) is 12.6 Å². The Labute approximate surface area is 120 Å². The summed E-state index contributed by atoms with van der Waals surface area (Å²) in [6, 6.07) is 1.09. The monoisotopic (exact) mass is 288 g/mol. The van der Waals surface area contributed by atoms with E-state index >= 15 is 0 Å². The van der Waals surface area contributed by atoms with Crippen LogP contribution >= 0.6 is 0 Å². The molecule has 1 heterocycles. The summed E-state index contributed by atoms with van der Waals surface area (Å²) in [6.45, 7) is 8.19. The van der Waals surface area contributed by atoms with Crippen molar-refractivity contribution in [2.75, 3.05) is 46.9 Å². The van der Waals surface area contributed by atoms with E-state index in [4.69, 9.17) is 8.85 Å². The van der Waals surface area contributed by atoms with Crippen LogP contribution in [0.25, 0.3) is 0 Å². The molecular weight excluding hydrogens is 256 g/mol. The smallest absolute Gasteiger partial charge is 0.334 e. The van der Waals surface area contributed by atoms with Crippen LogP contribution in [0.1, 0.15) is 32.1 Å².